The molecule has 4 rings (SSSR count). The lowest BCUT2D eigenvalue weighted by atomic mass is 10.2. The molecule has 0 bridgehead atoms. The zero-order valence-electron chi connectivity index (χ0n) is 15.8. The average molecular weight is 411 g/mol. The number of fused-ring (bicyclic) bond motifs is 1. The van der Waals surface area contributed by atoms with Crippen LogP contribution >= 0.6 is 11.3 Å². The molecule has 0 radical (unpaired) electrons. The molecule has 0 spiro atoms. The number of nitrogens with zero attached hydrogens (tertiary/aromatic N) is 4. The Morgan fingerprint density at radius 3 is 2.55 bits per heavy atom. The molecule has 1 fully saturated rings. The molecule has 1 aliphatic heterocycles. The third kappa shape index (κ3) is 4.94. The number of non-ortho nitro benzene ring substituents is 1. The van der Waals surface area contributed by atoms with Crippen molar-refractivity contribution >= 4 is 38.3 Å². The average Bonchev–Trinajstić information content (AvgIpc) is 3.11. The van der Waals surface area contributed by atoms with Crippen LogP contribution in [-0.2, 0) is 11.3 Å². The number of piperazine rings is 1. The number of nitrogens with one attached hydrogen (secondary N) is 1. The molecule has 29 heavy (non-hydrogen) atoms. The summed E-state index contributed by atoms with van der Waals surface area (Å²) in [5.74, 6) is -0.116. The van der Waals surface area contributed by atoms with E-state index in [1.807, 2.05) is 6.07 Å². The minimum atomic E-state index is -0.450. The Labute approximate surface area is 171 Å². The first-order valence-corrected chi connectivity index (χ1v) is 10.2. The standard InChI is InChI=1S/C20H21N5O3S/c26-19(22-20-21-17-12-16(25(27)28)6-7-18(17)29-20)14-24-10-8-23(9-11-24)13-15-4-2-1-3-5-15/h1-7,12H,8-11,13-14H2,(H,21,22,26). The molecular formula is C20H21N5O3S. The van der Waals surface area contributed by atoms with E-state index >= 15 is 0 Å². The zero-order valence-corrected chi connectivity index (χ0v) is 16.6. The highest BCUT2D eigenvalue weighted by Gasteiger charge is 2.20. The van der Waals surface area contributed by atoms with Crippen LogP contribution in [0.15, 0.2) is 48.5 Å². The van der Waals surface area contributed by atoms with Crippen LogP contribution in [0.2, 0.25) is 0 Å². The SMILES string of the molecule is O=C(CN1CCN(Cc2ccccc2)CC1)Nc1nc2cc([N+](=O)[O-])ccc2s1. The first-order valence-electron chi connectivity index (χ1n) is 9.40. The smallest absolute Gasteiger partial charge is 0.271 e. The highest BCUT2D eigenvalue weighted by molar-refractivity contribution is 7.22. The van der Waals surface area contributed by atoms with E-state index in [2.05, 4.69) is 44.4 Å². The van der Waals surface area contributed by atoms with Crippen LogP contribution in [0.3, 0.4) is 0 Å². The third-order valence-electron chi connectivity index (χ3n) is 4.91. The van der Waals surface area contributed by atoms with Gasteiger partial charge in [-0.2, -0.15) is 0 Å². The van der Waals surface area contributed by atoms with Crippen LogP contribution in [0.4, 0.5) is 10.8 Å². The second kappa shape index (κ2) is 8.64. The molecule has 1 aromatic heterocycles. The molecule has 0 aliphatic carbocycles. The van der Waals surface area contributed by atoms with Crippen LogP contribution in [-0.4, -0.2) is 58.3 Å². The topological polar surface area (TPSA) is 91.6 Å². The van der Waals surface area contributed by atoms with Crippen LogP contribution in [0.5, 0.6) is 0 Å². The number of benzene rings is 2. The second-order valence-corrected chi connectivity index (χ2v) is 8.04. The quantitative estimate of drug-likeness (QED) is 0.495. The van der Waals surface area contributed by atoms with Crippen molar-refractivity contribution in [1.82, 2.24) is 14.8 Å². The molecule has 1 N–H and O–H groups in total. The first kappa shape index (κ1) is 19.4. The Morgan fingerprint density at radius 1 is 1.10 bits per heavy atom. The van der Waals surface area contributed by atoms with Gasteiger partial charge < -0.3 is 5.32 Å². The summed E-state index contributed by atoms with van der Waals surface area (Å²) in [5.41, 5.74) is 1.82. The molecule has 1 saturated heterocycles. The lowest BCUT2D eigenvalue weighted by Gasteiger charge is -2.34. The number of thiazole rings is 1. The lowest BCUT2D eigenvalue weighted by molar-refractivity contribution is -0.384. The predicted molar refractivity (Wildman–Crippen MR) is 113 cm³/mol. The van der Waals surface area contributed by atoms with E-state index < -0.39 is 4.92 Å². The minimum Gasteiger partial charge on any atom is -0.301 e. The van der Waals surface area contributed by atoms with Gasteiger partial charge in [0.25, 0.3) is 5.69 Å². The molecule has 150 valence electrons. The van der Waals surface area contributed by atoms with Crippen molar-refractivity contribution in [3.63, 3.8) is 0 Å². The number of nitro benzene ring substituents is 1. The number of anilines is 1. The van der Waals surface area contributed by atoms with E-state index in [9.17, 15) is 14.9 Å². The lowest BCUT2D eigenvalue weighted by Crippen LogP contribution is -2.48. The van der Waals surface area contributed by atoms with E-state index in [4.69, 9.17) is 0 Å². The van der Waals surface area contributed by atoms with E-state index in [1.54, 1.807) is 6.07 Å². The van der Waals surface area contributed by atoms with Crippen molar-refractivity contribution in [2.45, 2.75) is 6.54 Å². The minimum absolute atomic E-state index is 0.00551. The first-order chi connectivity index (χ1) is 14.1. The Kier molecular flexibility index (Phi) is 5.79. The van der Waals surface area contributed by atoms with Crippen LogP contribution in [0.25, 0.3) is 10.2 Å². The third-order valence-corrected chi connectivity index (χ3v) is 5.86. The maximum Gasteiger partial charge on any atom is 0.271 e. The number of hydrogen-bond donors (Lipinski definition) is 1. The Hall–Kier alpha value is -2.88. The number of aromatic nitrogens is 1. The van der Waals surface area contributed by atoms with E-state index in [1.165, 1.54) is 29.0 Å². The summed E-state index contributed by atoms with van der Waals surface area (Å²) in [6.45, 7) is 4.77. The Bertz CT molecular complexity index is 1020. The molecule has 9 heteroatoms. The number of rotatable bonds is 6. The van der Waals surface area contributed by atoms with Gasteiger partial charge >= 0.3 is 0 Å². The summed E-state index contributed by atoms with van der Waals surface area (Å²) in [6.07, 6.45) is 0. The maximum absolute atomic E-state index is 12.4. The fourth-order valence-corrected chi connectivity index (χ4v) is 4.25. The molecule has 8 nitrogen and oxygen atoms in total. The zero-order chi connectivity index (χ0) is 20.2. The molecule has 1 aliphatic rings. The van der Waals surface area contributed by atoms with Crippen LogP contribution < -0.4 is 5.32 Å². The highest BCUT2D eigenvalue weighted by atomic mass is 32.1. The van der Waals surface area contributed by atoms with Crippen molar-refractivity contribution < 1.29 is 9.72 Å². The van der Waals surface area contributed by atoms with Gasteiger partial charge in [0.05, 0.1) is 21.7 Å². The molecule has 2 heterocycles. The molecule has 0 atom stereocenters. The van der Waals surface area contributed by atoms with E-state index in [0.29, 0.717) is 17.2 Å². The summed E-state index contributed by atoms with van der Waals surface area (Å²) in [5, 5.41) is 14.2. The van der Waals surface area contributed by atoms with Crippen molar-refractivity contribution in [3.8, 4) is 0 Å². The molecule has 0 unspecified atom stereocenters. The Balaban J connectivity index is 1.28. The monoisotopic (exact) mass is 411 g/mol. The van der Waals surface area contributed by atoms with Gasteiger partial charge in [0.2, 0.25) is 5.91 Å². The molecular weight excluding hydrogens is 390 g/mol. The molecule has 3 aromatic rings. The predicted octanol–water partition coefficient (Wildman–Crippen LogP) is 2.96. The number of nitro groups is 1. The van der Waals surface area contributed by atoms with Gasteiger partial charge in [0.15, 0.2) is 5.13 Å². The van der Waals surface area contributed by atoms with Crippen molar-refractivity contribution in [1.29, 1.82) is 0 Å². The van der Waals surface area contributed by atoms with Gasteiger partial charge in [-0.15, -0.1) is 0 Å². The van der Waals surface area contributed by atoms with Crippen LogP contribution in [0.1, 0.15) is 5.56 Å². The number of carbonyl (C=O) groups excluding carboxylic acids is 1. The summed E-state index contributed by atoms with van der Waals surface area (Å²) in [6, 6.07) is 14.9. The fourth-order valence-electron chi connectivity index (χ4n) is 3.39. The van der Waals surface area contributed by atoms with Gasteiger partial charge in [0.1, 0.15) is 0 Å². The number of amides is 1. The summed E-state index contributed by atoms with van der Waals surface area (Å²) in [7, 11) is 0. The normalized spacial score (nSPS) is 15.4. The molecule has 1 amide bonds. The second-order valence-electron chi connectivity index (χ2n) is 7.01. The number of carbonyl (C=O) groups is 1. The van der Waals surface area contributed by atoms with Gasteiger partial charge in [-0.25, -0.2) is 4.98 Å². The summed E-state index contributed by atoms with van der Waals surface area (Å²) < 4.78 is 0.806. The van der Waals surface area contributed by atoms with Gasteiger partial charge in [-0.1, -0.05) is 41.7 Å². The Morgan fingerprint density at radius 2 is 1.83 bits per heavy atom. The van der Waals surface area contributed by atoms with E-state index in [-0.39, 0.29) is 11.6 Å². The van der Waals surface area contributed by atoms with Gasteiger partial charge in [-0.3, -0.25) is 24.7 Å². The summed E-state index contributed by atoms with van der Waals surface area (Å²) >= 11 is 1.32. The number of hydrogen-bond acceptors (Lipinski definition) is 7. The maximum atomic E-state index is 12.4. The van der Waals surface area contributed by atoms with Crippen LogP contribution in [0, 0.1) is 10.1 Å². The molecule has 2 aromatic carbocycles. The van der Waals surface area contributed by atoms with Gasteiger partial charge in [0, 0.05) is 44.9 Å². The largest absolute Gasteiger partial charge is 0.301 e. The van der Waals surface area contributed by atoms with Gasteiger partial charge in [-0.05, 0) is 11.6 Å². The fraction of sp³-hybridized carbons (Fsp3) is 0.300. The van der Waals surface area contributed by atoms with E-state index in [0.717, 1.165) is 37.4 Å². The van der Waals surface area contributed by atoms with Crippen molar-refractivity contribution in [2.24, 2.45) is 0 Å². The molecule has 0 saturated carbocycles. The van der Waals surface area contributed by atoms with Crippen molar-refractivity contribution in [3.05, 3.63) is 64.2 Å². The summed E-state index contributed by atoms with van der Waals surface area (Å²) in [4.78, 5) is 31.7. The van der Waals surface area contributed by atoms with Crippen molar-refractivity contribution in [2.75, 3.05) is 38.0 Å². The highest BCUT2D eigenvalue weighted by Crippen LogP contribution is 2.28.